The highest BCUT2D eigenvalue weighted by Crippen LogP contribution is 2.26. The van der Waals surface area contributed by atoms with E-state index in [-0.39, 0.29) is 5.91 Å². The van der Waals surface area contributed by atoms with Gasteiger partial charge in [-0.05, 0) is 44.7 Å². The van der Waals surface area contributed by atoms with Crippen LogP contribution in [0.25, 0.3) is 0 Å². The maximum Gasteiger partial charge on any atom is 0.224 e. The van der Waals surface area contributed by atoms with Crippen LogP contribution in [0.15, 0.2) is 30.3 Å². The fourth-order valence-electron chi connectivity index (χ4n) is 3.67. The summed E-state index contributed by atoms with van der Waals surface area (Å²) in [4.78, 5) is 14.6. The zero-order valence-corrected chi connectivity index (χ0v) is 15.2. The number of likely N-dealkylation sites (tertiary alicyclic amines) is 1. The van der Waals surface area contributed by atoms with E-state index in [1.807, 2.05) is 13.8 Å². The molecule has 2 N–H and O–H groups in total. The number of carbonyl (C=O) groups is 1. The maximum absolute atomic E-state index is 12.2. The fourth-order valence-corrected chi connectivity index (χ4v) is 3.67. The van der Waals surface area contributed by atoms with Gasteiger partial charge < -0.3 is 10.2 Å². The molecule has 1 aromatic heterocycles. The molecule has 25 heavy (non-hydrogen) atoms. The smallest absolute Gasteiger partial charge is 0.224 e. The van der Waals surface area contributed by atoms with Crippen LogP contribution in [0.3, 0.4) is 0 Å². The van der Waals surface area contributed by atoms with E-state index >= 15 is 0 Å². The van der Waals surface area contributed by atoms with E-state index < -0.39 is 0 Å². The first kappa shape index (κ1) is 17.7. The number of hydrogen-bond acceptors (Lipinski definition) is 3. The van der Waals surface area contributed by atoms with Crippen molar-refractivity contribution in [2.75, 3.05) is 26.2 Å². The molecule has 134 valence electrons. The fraction of sp³-hybridized carbons (Fsp3) is 0.500. The van der Waals surface area contributed by atoms with Gasteiger partial charge >= 0.3 is 0 Å². The predicted octanol–water partition coefficient (Wildman–Crippen LogP) is 2.56. The van der Waals surface area contributed by atoms with Crippen molar-refractivity contribution in [3.05, 3.63) is 52.8 Å². The average Bonchev–Trinajstić information content (AvgIpc) is 2.95. The van der Waals surface area contributed by atoms with Crippen LogP contribution < -0.4 is 5.32 Å². The van der Waals surface area contributed by atoms with Crippen LogP contribution in [-0.4, -0.2) is 47.2 Å². The lowest BCUT2D eigenvalue weighted by atomic mass is 9.91. The van der Waals surface area contributed by atoms with Crippen LogP contribution in [-0.2, 0) is 11.2 Å². The molecule has 0 saturated carbocycles. The van der Waals surface area contributed by atoms with Crippen molar-refractivity contribution in [1.29, 1.82) is 0 Å². The van der Waals surface area contributed by atoms with Crippen molar-refractivity contribution in [3.8, 4) is 0 Å². The Hall–Kier alpha value is -2.14. The van der Waals surface area contributed by atoms with Crippen molar-refractivity contribution in [2.24, 2.45) is 0 Å². The molecule has 1 unspecified atom stereocenters. The van der Waals surface area contributed by atoms with Gasteiger partial charge in [0.2, 0.25) is 5.91 Å². The first-order chi connectivity index (χ1) is 12.1. The summed E-state index contributed by atoms with van der Waals surface area (Å²) in [5, 5.41) is 10.1. The van der Waals surface area contributed by atoms with E-state index in [1.165, 1.54) is 18.4 Å². The summed E-state index contributed by atoms with van der Waals surface area (Å²) in [6, 6.07) is 10.8. The molecule has 0 spiro atoms. The number of aromatic amines is 1. The summed E-state index contributed by atoms with van der Waals surface area (Å²) < 4.78 is 0. The molecule has 5 nitrogen and oxygen atoms in total. The Kier molecular flexibility index (Phi) is 5.87. The van der Waals surface area contributed by atoms with Gasteiger partial charge in [0.05, 0.1) is 12.1 Å². The van der Waals surface area contributed by atoms with E-state index in [0.29, 0.717) is 18.9 Å². The van der Waals surface area contributed by atoms with Crippen LogP contribution in [0.2, 0.25) is 0 Å². The van der Waals surface area contributed by atoms with Gasteiger partial charge in [-0.15, -0.1) is 0 Å². The molecule has 0 aliphatic carbocycles. The summed E-state index contributed by atoms with van der Waals surface area (Å²) in [7, 11) is 0. The number of carbonyl (C=O) groups excluding carboxylic acids is 1. The SMILES string of the molecule is Cc1n[nH]c(C)c1CC(=O)NCCN1CCCC(c2ccccc2)C1. The zero-order valence-electron chi connectivity index (χ0n) is 15.2. The highest BCUT2D eigenvalue weighted by Gasteiger charge is 2.21. The van der Waals surface area contributed by atoms with Gasteiger partial charge in [-0.25, -0.2) is 0 Å². The van der Waals surface area contributed by atoms with Crippen molar-refractivity contribution < 1.29 is 4.79 Å². The van der Waals surface area contributed by atoms with Crippen molar-refractivity contribution in [2.45, 2.75) is 39.0 Å². The molecule has 3 rings (SSSR count). The molecule has 5 heteroatoms. The number of H-pyrrole nitrogens is 1. The minimum atomic E-state index is 0.0734. The highest BCUT2D eigenvalue weighted by atomic mass is 16.1. The lowest BCUT2D eigenvalue weighted by Crippen LogP contribution is -2.40. The lowest BCUT2D eigenvalue weighted by molar-refractivity contribution is -0.120. The van der Waals surface area contributed by atoms with E-state index in [9.17, 15) is 4.79 Å². The third-order valence-corrected chi connectivity index (χ3v) is 5.14. The molecule has 1 amide bonds. The minimum Gasteiger partial charge on any atom is -0.355 e. The van der Waals surface area contributed by atoms with Gasteiger partial charge in [0, 0.05) is 30.9 Å². The monoisotopic (exact) mass is 340 g/mol. The Bertz CT molecular complexity index is 675. The molecular formula is C20H28N4O. The van der Waals surface area contributed by atoms with Gasteiger partial charge in [-0.3, -0.25) is 9.89 Å². The zero-order chi connectivity index (χ0) is 17.6. The third-order valence-electron chi connectivity index (χ3n) is 5.14. The number of aryl methyl sites for hydroxylation is 2. The number of amides is 1. The predicted molar refractivity (Wildman–Crippen MR) is 99.6 cm³/mol. The van der Waals surface area contributed by atoms with Crippen molar-refractivity contribution in [3.63, 3.8) is 0 Å². The number of nitrogens with zero attached hydrogens (tertiary/aromatic N) is 2. The summed E-state index contributed by atoms with van der Waals surface area (Å²) in [6.45, 7) is 7.72. The Morgan fingerprint density at radius 3 is 2.84 bits per heavy atom. The molecular weight excluding hydrogens is 312 g/mol. The summed E-state index contributed by atoms with van der Waals surface area (Å²) >= 11 is 0. The molecule has 0 bridgehead atoms. The topological polar surface area (TPSA) is 61.0 Å². The lowest BCUT2D eigenvalue weighted by Gasteiger charge is -2.33. The van der Waals surface area contributed by atoms with Crippen molar-refractivity contribution >= 4 is 5.91 Å². The number of aromatic nitrogens is 2. The van der Waals surface area contributed by atoms with Crippen LogP contribution in [0.4, 0.5) is 0 Å². The van der Waals surface area contributed by atoms with E-state index in [4.69, 9.17) is 0 Å². The molecule has 1 aromatic carbocycles. The molecule has 1 saturated heterocycles. The second-order valence-electron chi connectivity index (χ2n) is 6.99. The Labute approximate surface area is 149 Å². The molecule has 2 aromatic rings. The summed E-state index contributed by atoms with van der Waals surface area (Å²) in [5.74, 6) is 0.686. The van der Waals surface area contributed by atoms with Gasteiger partial charge in [0.25, 0.3) is 0 Å². The number of hydrogen-bond donors (Lipinski definition) is 2. The highest BCUT2D eigenvalue weighted by molar-refractivity contribution is 5.79. The van der Waals surface area contributed by atoms with E-state index in [2.05, 4.69) is 50.7 Å². The second-order valence-corrected chi connectivity index (χ2v) is 6.99. The van der Waals surface area contributed by atoms with Gasteiger partial charge in [-0.2, -0.15) is 5.10 Å². The Morgan fingerprint density at radius 1 is 1.32 bits per heavy atom. The van der Waals surface area contributed by atoms with Crippen LogP contribution in [0, 0.1) is 13.8 Å². The quantitative estimate of drug-likeness (QED) is 0.850. The Balaban J connectivity index is 1.43. The van der Waals surface area contributed by atoms with Gasteiger partial charge in [0.1, 0.15) is 0 Å². The van der Waals surface area contributed by atoms with Gasteiger partial charge in [-0.1, -0.05) is 30.3 Å². The first-order valence-corrected chi connectivity index (χ1v) is 9.18. The molecule has 0 radical (unpaired) electrons. The second kappa shape index (κ2) is 8.30. The van der Waals surface area contributed by atoms with Crippen LogP contribution >= 0.6 is 0 Å². The van der Waals surface area contributed by atoms with E-state index in [0.717, 1.165) is 36.6 Å². The number of piperidine rings is 1. The average molecular weight is 340 g/mol. The first-order valence-electron chi connectivity index (χ1n) is 9.18. The molecule has 1 atom stereocenters. The molecule has 1 aliphatic heterocycles. The molecule has 2 heterocycles. The molecule has 1 aliphatic rings. The standard InChI is InChI=1S/C20H28N4O/c1-15-19(16(2)23-22-15)13-20(25)21-10-12-24-11-6-9-18(14-24)17-7-4-3-5-8-17/h3-5,7-8,18H,6,9-14H2,1-2H3,(H,21,25)(H,22,23). The number of rotatable bonds is 6. The van der Waals surface area contributed by atoms with Crippen LogP contribution in [0.1, 0.15) is 41.3 Å². The van der Waals surface area contributed by atoms with E-state index in [1.54, 1.807) is 0 Å². The van der Waals surface area contributed by atoms with Crippen molar-refractivity contribution in [1.82, 2.24) is 20.4 Å². The largest absolute Gasteiger partial charge is 0.355 e. The number of nitrogens with one attached hydrogen (secondary N) is 2. The maximum atomic E-state index is 12.2. The van der Waals surface area contributed by atoms with Crippen LogP contribution in [0.5, 0.6) is 0 Å². The summed E-state index contributed by atoms with van der Waals surface area (Å²) in [5.41, 5.74) is 4.34. The third kappa shape index (κ3) is 4.69. The number of benzene rings is 1. The summed E-state index contributed by atoms with van der Waals surface area (Å²) in [6.07, 6.45) is 2.88. The minimum absolute atomic E-state index is 0.0734. The Morgan fingerprint density at radius 2 is 2.12 bits per heavy atom. The molecule has 1 fully saturated rings. The van der Waals surface area contributed by atoms with Gasteiger partial charge in [0.15, 0.2) is 0 Å². The normalized spacial score (nSPS) is 18.2.